The van der Waals surface area contributed by atoms with Crippen molar-refractivity contribution in [2.75, 3.05) is 39.2 Å². The second kappa shape index (κ2) is 11.8. The summed E-state index contributed by atoms with van der Waals surface area (Å²) in [5.74, 6) is 1.97. The maximum absolute atomic E-state index is 12.5. The highest BCUT2D eigenvalue weighted by Crippen LogP contribution is 2.36. The van der Waals surface area contributed by atoms with Crippen LogP contribution >= 0.6 is 0 Å². The Morgan fingerprint density at radius 3 is 2.56 bits per heavy atom. The molecule has 0 saturated carbocycles. The van der Waals surface area contributed by atoms with Gasteiger partial charge in [0.05, 0.1) is 30.6 Å². The summed E-state index contributed by atoms with van der Waals surface area (Å²) in [7, 11) is 3.81. The number of carbonyl (C=O) groups is 1. The molecule has 3 heterocycles. The molecule has 1 N–H and O–H groups in total. The van der Waals surface area contributed by atoms with Crippen molar-refractivity contribution < 1.29 is 14.3 Å². The lowest BCUT2D eigenvalue weighted by molar-refractivity contribution is -0.116. The summed E-state index contributed by atoms with van der Waals surface area (Å²) in [6, 6.07) is 11.4. The minimum Gasteiger partial charge on any atom is -0.493 e. The van der Waals surface area contributed by atoms with Gasteiger partial charge < -0.3 is 19.7 Å². The summed E-state index contributed by atoms with van der Waals surface area (Å²) in [6.45, 7) is 7.04. The van der Waals surface area contributed by atoms with E-state index in [0.717, 1.165) is 53.8 Å². The third-order valence-electron chi connectivity index (χ3n) is 7.13. The third-order valence-corrected chi connectivity index (χ3v) is 7.13. The van der Waals surface area contributed by atoms with Crippen molar-refractivity contribution in [3.63, 3.8) is 0 Å². The highest BCUT2D eigenvalue weighted by molar-refractivity contribution is 5.95. The molecule has 0 atom stereocenters. The zero-order valence-corrected chi connectivity index (χ0v) is 22.9. The molecule has 2 aromatic heterocycles. The minimum atomic E-state index is -0.173. The quantitative estimate of drug-likeness (QED) is 0.340. The molecule has 2 aromatic carbocycles. The fraction of sp³-hybridized carbons (Fsp3) is 0.414. The number of aromatic nitrogens is 5. The van der Waals surface area contributed by atoms with E-state index in [2.05, 4.69) is 37.5 Å². The van der Waals surface area contributed by atoms with Gasteiger partial charge >= 0.3 is 0 Å². The highest BCUT2D eigenvalue weighted by atomic mass is 16.5. The second-order valence-electron chi connectivity index (χ2n) is 10.4. The molecule has 1 aliphatic heterocycles. The van der Waals surface area contributed by atoms with E-state index in [1.807, 2.05) is 50.2 Å². The first-order valence-electron chi connectivity index (χ1n) is 13.3. The van der Waals surface area contributed by atoms with Crippen LogP contribution in [-0.2, 0) is 11.3 Å². The number of piperidine rings is 1. The van der Waals surface area contributed by atoms with E-state index >= 15 is 0 Å². The third kappa shape index (κ3) is 6.34. The first-order chi connectivity index (χ1) is 18.9. The fourth-order valence-corrected chi connectivity index (χ4v) is 4.72. The molecule has 5 rings (SSSR count). The largest absolute Gasteiger partial charge is 0.493 e. The molecule has 1 aliphatic rings. The van der Waals surface area contributed by atoms with Crippen LogP contribution in [0, 0.1) is 5.92 Å². The molecule has 0 unspecified atom stereocenters. The summed E-state index contributed by atoms with van der Waals surface area (Å²) in [5.41, 5.74) is 4.01. The van der Waals surface area contributed by atoms with Gasteiger partial charge in [-0.15, -0.1) is 5.10 Å². The van der Waals surface area contributed by atoms with Crippen molar-refractivity contribution in [1.82, 2.24) is 29.9 Å². The summed E-state index contributed by atoms with van der Waals surface area (Å²) in [5, 5.41) is 11.9. The number of hydrogen-bond acceptors (Lipinski definition) is 8. The van der Waals surface area contributed by atoms with E-state index in [1.165, 1.54) is 0 Å². The Kier molecular flexibility index (Phi) is 8.02. The van der Waals surface area contributed by atoms with Crippen LogP contribution in [-0.4, -0.2) is 69.6 Å². The van der Waals surface area contributed by atoms with E-state index in [1.54, 1.807) is 24.3 Å². The van der Waals surface area contributed by atoms with Crippen molar-refractivity contribution in [3.8, 4) is 22.8 Å². The maximum atomic E-state index is 12.5. The summed E-state index contributed by atoms with van der Waals surface area (Å²) < 4.78 is 13.4. The Labute approximate surface area is 228 Å². The topological polar surface area (TPSA) is 107 Å². The number of benzene rings is 2. The Morgan fingerprint density at radius 1 is 1.10 bits per heavy atom. The molecule has 0 radical (unpaired) electrons. The molecule has 204 valence electrons. The second-order valence-corrected chi connectivity index (χ2v) is 10.4. The molecule has 1 amide bonds. The van der Waals surface area contributed by atoms with Crippen molar-refractivity contribution in [1.29, 1.82) is 0 Å². The van der Waals surface area contributed by atoms with E-state index in [9.17, 15) is 4.79 Å². The van der Waals surface area contributed by atoms with E-state index < -0.39 is 0 Å². The van der Waals surface area contributed by atoms with Crippen molar-refractivity contribution >= 4 is 22.5 Å². The Hall–Kier alpha value is -4.05. The first-order valence-corrected chi connectivity index (χ1v) is 13.3. The molecular weight excluding hydrogens is 494 g/mol. The number of fused-ring (bicyclic) bond motifs is 1. The number of anilines is 1. The lowest BCUT2D eigenvalue weighted by atomic mass is 9.98. The molecule has 0 bridgehead atoms. The number of nitrogens with zero attached hydrogens (tertiary/aromatic N) is 6. The van der Waals surface area contributed by atoms with Gasteiger partial charge in [0.1, 0.15) is 12.9 Å². The van der Waals surface area contributed by atoms with Crippen LogP contribution in [0.25, 0.3) is 22.2 Å². The lowest BCUT2D eigenvalue weighted by Gasteiger charge is -2.28. The molecule has 0 aliphatic carbocycles. The standard InChI is InChI=1S/C29H35N7O3/c1-19(2)25-15-36(34-33-25)16-28(37)32-22-7-5-21(6-8-22)29-23-13-26(38-4)27(14-24(23)30-18-31-29)39-17-20-9-11-35(3)12-10-20/h5-8,13-15,18-20H,9-12,16-17H2,1-4H3,(H,32,37). The number of methoxy groups -OCH3 is 1. The summed E-state index contributed by atoms with van der Waals surface area (Å²) in [6.07, 6.45) is 5.63. The summed E-state index contributed by atoms with van der Waals surface area (Å²) in [4.78, 5) is 23.9. The molecule has 1 fully saturated rings. The van der Waals surface area contributed by atoms with Gasteiger partial charge in [-0.1, -0.05) is 31.2 Å². The Bertz CT molecular complexity index is 1430. The molecule has 1 saturated heterocycles. The SMILES string of the molecule is COc1cc2c(-c3ccc(NC(=O)Cn4cc(C(C)C)nn4)cc3)ncnc2cc1OCC1CCN(C)CC1. The Balaban J connectivity index is 1.29. The maximum Gasteiger partial charge on any atom is 0.246 e. The van der Waals surface area contributed by atoms with Crippen LogP contribution in [0.3, 0.4) is 0 Å². The van der Waals surface area contributed by atoms with Crippen molar-refractivity contribution in [2.45, 2.75) is 39.2 Å². The molecule has 4 aromatic rings. The smallest absolute Gasteiger partial charge is 0.246 e. The average Bonchev–Trinajstić information content (AvgIpc) is 3.41. The minimum absolute atomic E-state index is 0.0972. The zero-order valence-electron chi connectivity index (χ0n) is 22.9. The Morgan fingerprint density at radius 2 is 1.87 bits per heavy atom. The van der Waals surface area contributed by atoms with Gasteiger partial charge in [-0.3, -0.25) is 4.79 Å². The van der Waals surface area contributed by atoms with Crippen molar-refractivity contribution in [3.05, 3.63) is 54.6 Å². The number of nitrogens with one attached hydrogen (secondary N) is 1. The molecule has 39 heavy (non-hydrogen) atoms. The number of rotatable bonds is 9. The number of amides is 1. The summed E-state index contributed by atoms with van der Waals surface area (Å²) >= 11 is 0. The fourth-order valence-electron chi connectivity index (χ4n) is 4.72. The van der Waals surface area contributed by atoms with Gasteiger partial charge in [0.2, 0.25) is 5.91 Å². The predicted molar refractivity (Wildman–Crippen MR) is 150 cm³/mol. The average molecular weight is 530 g/mol. The van der Waals surface area contributed by atoms with Gasteiger partial charge in [0.15, 0.2) is 11.5 Å². The highest BCUT2D eigenvalue weighted by Gasteiger charge is 2.19. The van der Waals surface area contributed by atoms with E-state index in [-0.39, 0.29) is 18.4 Å². The van der Waals surface area contributed by atoms with Crippen LogP contribution in [0.4, 0.5) is 5.69 Å². The van der Waals surface area contributed by atoms with Gasteiger partial charge in [0.25, 0.3) is 0 Å². The van der Waals surface area contributed by atoms with Gasteiger partial charge in [-0.25, -0.2) is 14.6 Å². The van der Waals surface area contributed by atoms with E-state index in [0.29, 0.717) is 29.7 Å². The molecule has 10 nitrogen and oxygen atoms in total. The van der Waals surface area contributed by atoms with Crippen LogP contribution < -0.4 is 14.8 Å². The van der Waals surface area contributed by atoms with Crippen LogP contribution in [0.15, 0.2) is 48.9 Å². The molecular formula is C29H35N7O3. The van der Waals surface area contributed by atoms with Crippen LogP contribution in [0.1, 0.15) is 38.3 Å². The number of carbonyl (C=O) groups excluding carboxylic acids is 1. The zero-order chi connectivity index (χ0) is 27.4. The number of ether oxygens (including phenoxy) is 2. The number of likely N-dealkylation sites (tertiary alicyclic amines) is 1. The monoisotopic (exact) mass is 529 g/mol. The number of hydrogen-bond donors (Lipinski definition) is 1. The van der Waals surface area contributed by atoms with Gasteiger partial charge in [-0.05, 0) is 63.0 Å². The predicted octanol–water partition coefficient (Wildman–Crippen LogP) is 4.38. The van der Waals surface area contributed by atoms with Crippen molar-refractivity contribution in [2.24, 2.45) is 5.92 Å². The molecule has 0 spiro atoms. The van der Waals surface area contributed by atoms with Crippen LogP contribution in [0.2, 0.25) is 0 Å². The van der Waals surface area contributed by atoms with Crippen LogP contribution in [0.5, 0.6) is 11.5 Å². The lowest BCUT2D eigenvalue weighted by Crippen LogP contribution is -2.32. The van der Waals surface area contributed by atoms with Gasteiger partial charge in [0, 0.05) is 28.9 Å². The normalized spacial score (nSPS) is 14.6. The molecule has 10 heteroatoms. The van der Waals surface area contributed by atoms with E-state index in [4.69, 9.17) is 9.47 Å². The van der Waals surface area contributed by atoms with Gasteiger partial charge in [-0.2, -0.15) is 0 Å². The first kappa shape index (κ1) is 26.6.